The minimum atomic E-state index is -0.447. The summed E-state index contributed by atoms with van der Waals surface area (Å²) in [6.45, 7) is 9.40. The highest BCUT2D eigenvalue weighted by atomic mass is 32.1. The average molecular weight is 369 g/mol. The highest BCUT2D eigenvalue weighted by Gasteiger charge is 2.25. The molecule has 5 nitrogen and oxygen atoms in total. The van der Waals surface area contributed by atoms with Gasteiger partial charge in [0.15, 0.2) is 0 Å². The summed E-state index contributed by atoms with van der Waals surface area (Å²) in [6.07, 6.45) is 3.85. The first-order chi connectivity index (χ1) is 11.8. The van der Waals surface area contributed by atoms with E-state index < -0.39 is 5.60 Å². The van der Waals surface area contributed by atoms with Crippen LogP contribution in [0.3, 0.4) is 0 Å². The molecule has 1 saturated carbocycles. The second kappa shape index (κ2) is 9.55. The van der Waals surface area contributed by atoms with Gasteiger partial charge in [0.1, 0.15) is 5.60 Å². The van der Waals surface area contributed by atoms with Crippen molar-refractivity contribution >= 4 is 17.4 Å². The monoisotopic (exact) mass is 368 g/mol. The second-order valence-corrected chi connectivity index (χ2v) is 8.66. The van der Waals surface area contributed by atoms with Crippen LogP contribution in [0.25, 0.3) is 0 Å². The van der Waals surface area contributed by atoms with Crippen molar-refractivity contribution in [2.75, 3.05) is 13.2 Å². The third-order valence-electron chi connectivity index (χ3n) is 4.27. The molecular weight excluding hydrogens is 336 g/mol. The fraction of sp³-hybridized carbons (Fsp3) is 0.737. The van der Waals surface area contributed by atoms with E-state index in [2.05, 4.69) is 35.1 Å². The molecule has 0 aromatic carbocycles. The summed E-state index contributed by atoms with van der Waals surface area (Å²) in [7, 11) is 0. The molecule has 1 fully saturated rings. The molecule has 1 aromatic heterocycles. The van der Waals surface area contributed by atoms with Crippen LogP contribution in [-0.2, 0) is 9.47 Å². The molecule has 1 aliphatic rings. The third kappa shape index (κ3) is 7.75. The first-order valence-electron chi connectivity index (χ1n) is 9.21. The minimum absolute atomic E-state index is 0.201. The van der Waals surface area contributed by atoms with Gasteiger partial charge in [0, 0.05) is 23.5 Å². The Morgan fingerprint density at radius 1 is 1.32 bits per heavy atom. The Hall–Kier alpha value is -1.11. The van der Waals surface area contributed by atoms with Crippen molar-refractivity contribution in [3.05, 3.63) is 22.4 Å². The maximum Gasteiger partial charge on any atom is 0.407 e. The molecule has 142 valence electrons. The van der Waals surface area contributed by atoms with E-state index >= 15 is 0 Å². The van der Waals surface area contributed by atoms with Crippen LogP contribution < -0.4 is 10.6 Å². The number of alkyl carbamates (subject to hydrolysis) is 1. The van der Waals surface area contributed by atoms with Gasteiger partial charge in [-0.15, -0.1) is 11.3 Å². The van der Waals surface area contributed by atoms with Gasteiger partial charge >= 0.3 is 6.09 Å². The van der Waals surface area contributed by atoms with Crippen molar-refractivity contribution < 1.29 is 14.3 Å². The maximum absolute atomic E-state index is 11.8. The zero-order valence-electron chi connectivity index (χ0n) is 15.8. The number of hydrogen-bond donors (Lipinski definition) is 2. The lowest BCUT2D eigenvalue weighted by molar-refractivity contribution is 0.0189. The number of carbonyl (C=O) groups is 1. The predicted octanol–water partition coefficient (Wildman–Crippen LogP) is 4.25. The third-order valence-corrected chi connectivity index (χ3v) is 5.33. The Morgan fingerprint density at radius 2 is 2.04 bits per heavy atom. The van der Waals surface area contributed by atoms with Crippen LogP contribution in [-0.4, -0.2) is 37.0 Å². The summed E-state index contributed by atoms with van der Waals surface area (Å²) in [5.74, 6) is 0. The number of amides is 1. The van der Waals surface area contributed by atoms with E-state index in [0.717, 1.165) is 38.8 Å². The summed E-state index contributed by atoms with van der Waals surface area (Å²) in [5.41, 5.74) is -0.447. The van der Waals surface area contributed by atoms with E-state index in [1.54, 1.807) is 11.3 Å². The molecule has 0 radical (unpaired) electrons. The highest BCUT2D eigenvalue weighted by molar-refractivity contribution is 7.10. The second-order valence-electron chi connectivity index (χ2n) is 7.68. The lowest BCUT2D eigenvalue weighted by Crippen LogP contribution is -2.42. The van der Waals surface area contributed by atoms with Crippen LogP contribution in [0.5, 0.6) is 0 Å². The lowest BCUT2D eigenvalue weighted by Gasteiger charge is -2.30. The van der Waals surface area contributed by atoms with E-state index in [0.29, 0.717) is 12.1 Å². The normalized spacial score (nSPS) is 22.4. The van der Waals surface area contributed by atoms with Gasteiger partial charge in [0.05, 0.1) is 12.7 Å². The Bertz CT molecular complexity index is 505. The molecule has 1 aliphatic carbocycles. The van der Waals surface area contributed by atoms with Gasteiger partial charge in [0.25, 0.3) is 0 Å². The molecule has 0 aliphatic heterocycles. The minimum Gasteiger partial charge on any atom is -0.444 e. The largest absolute Gasteiger partial charge is 0.444 e. The molecule has 1 aromatic rings. The zero-order chi connectivity index (χ0) is 18.3. The number of hydrogen-bond acceptors (Lipinski definition) is 5. The van der Waals surface area contributed by atoms with Gasteiger partial charge < -0.3 is 20.1 Å². The van der Waals surface area contributed by atoms with Gasteiger partial charge in [0.2, 0.25) is 0 Å². The van der Waals surface area contributed by atoms with Crippen LogP contribution in [0.1, 0.15) is 64.3 Å². The molecule has 1 amide bonds. The number of rotatable bonds is 7. The zero-order valence-corrected chi connectivity index (χ0v) is 16.7. The molecule has 1 heterocycles. The van der Waals surface area contributed by atoms with Crippen LogP contribution in [0, 0.1) is 0 Å². The molecule has 0 bridgehead atoms. The van der Waals surface area contributed by atoms with Crippen molar-refractivity contribution in [2.24, 2.45) is 0 Å². The fourth-order valence-corrected chi connectivity index (χ4v) is 3.75. The Morgan fingerprint density at radius 3 is 2.64 bits per heavy atom. The molecular formula is C19H32N2O3S. The van der Waals surface area contributed by atoms with Crippen molar-refractivity contribution in [1.82, 2.24) is 10.6 Å². The molecule has 6 heteroatoms. The first kappa shape index (κ1) is 20.2. The standard InChI is InChI=1S/C19H32N2O3S/c1-14(17-6-5-13-25-17)20-11-12-23-16-9-7-15(8-10-16)21-18(22)24-19(2,3)4/h5-6,13-16,20H,7-12H2,1-4H3,(H,21,22). The van der Waals surface area contributed by atoms with Crippen LogP contribution in [0.15, 0.2) is 17.5 Å². The predicted molar refractivity (Wildman–Crippen MR) is 102 cm³/mol. The summed E-state index contributed by atoms with van der Waals surface area (Å²) in [4.78, 5) is 13.2. The summed E-state index contributed by atoms with van der Waals surface area (Å²) < 4.78 is 11.3. The van der Waals surface area contributed by atoms with Gasteiger partial charge in [-0.25, -0.2) is 4.79 Å². The Labute approximate surface area is 155 Å². The number of thiophene rings is 1. The van der Waals surface area contributed by atoms with E-state index in [9.17, 15) is 4.79 Å². The van der Waals surface area contributed by atoms with Crippen molar-refractivity contribution in [3.63, 3.8) is 0 Å². The van der Waals surface area contributed by atoms with Crippen molar-refractivity contribution in [3.8, 4) is 0 Å². The molecule has 25 heavy (non-hydrogen) atoms. The highest BCUT2D eigenvalue weighted by Crippen LogP contribution is 2.22. The number of nitrogens with one attached hydrogen (secondary N) is 2. The molecule has 0 spiro atoms. The van der Waals surface area contributed by atoms with E-state index in [1.807, 2.05) is 20.8 Å². The summed E-state index contributed by atoms with van der Waals surface area (Å²) in [5, 5.41) is 8.56. The molecule has 1 atom stereocenters. The maximum atomic E-state index is 11.8. The Balaban J connectivity index is 1.55. The number of carbonyl (C=O) groups excluding carboxylic acids is 1. The van der Waals surface area contributed by atoms with Crippen LogP contribution >= 0.6 is 11.3 Å². The summed E-state index contributed by atoms with van der Waals surface area (Å²) >= 11 is 1.78. The smallest absolute Gasteiger partial charge is 0.407 e. The summed E-state index contributed by atoms with van der Waals surface area (Å²) in [6, 6.07) is 4.81. The van der Waals surface area contributed by atoms with Gasteiger partial charge in [-0.2, -0.15) is 0 Å². The van der Waals surface area contributed by atoms with Crippen LogP contribution in [0.4, 0.5) is 4.79 Å². The van der Waals surface area contributed by atoms with E-state index in [4.69, 9.17) is 9.47 Å². The SMILES string of the molecule is CC(NCCOC1CCC(NC(=O)OC(C)(C)C)CC1)c1cccs1. The fourth-order valence-electron chi connectivity index (χ4n) is 2.99. The van der Waals surface area contributed by atoms with Crippen molar-refractivity contribution in [1.29, 1.82) is 0 Å². The topological polar surface area (TPSA) is 59.6 Å². The van der Waals surface area contributed by atoms with E-state index in [1.165, 1.54) is 4.88 Å². The number of ether oxygens (including phenoxy) is 2. The Kier molecular flexibility index (Phi) is 7.72. The van der Waals surface area contributed by atoms with E-state index in [-0.39, 0.29) is 12.1 Å². The molecule has 2 rings (SSSR count). The average Bonchev–Trinajstić information content (AvgIpc) is 3.05. The molecule has 0 saturated heterocycles. The molecule has 2 N–H and O–H groups in total. The lowest BCUT2D eigenvalue weighted by atomic mass is 9.93. The molecule has 1 unspecified atom stereocenters. The van der Waals surface area contributed by atoms with Crippen LogP contribution in [0.2, 0.25) is 0 Å². The van der Waals surface area contributed by atoms with Crippen molar-refractivity contribution in [2.45, 2.75) is 77.2 Å². The van der Waals surface area contributed by atoms with Gasteiger partial charge in [-0.3, -0.25) is 0 Å². The van der Waals surface area contributed by atoms with Gasteiger partial charge in [-0.05, 0) is 64.8 Å². The quantitative estimate of drug-likeness (QED) is 0.706. The van der Waals surface area contributed by atoms with Gasteiger partial charge in [-0.1, -0.05) is 6.07 Å². The first-order valence-corrected chi connectivity index (χ1v) is 10.1.